The first-order valence-corrected chi connectivity index (χ1v) is 10.6. The average molecular weight is 412 g/mol. The first-order chi connectivity index (χ1) is 14.1. The van der Waals surface area contributed by atoms with Gasteiger partial charge >= 0.3 is 0 Å². The number of carbonyl (C=O) groups is 2. The van der Waals surface area contributed by atoms with Gasteiger partial charge in [0.2, 0.25) is 5.91 Å². The summed E-state index contributed by atoms with van der Waals surface area (Å²) in [7, 11) is 0. The Morgan fingerprint density at radius 2 is 1.62 bits per heavy atom. The molecule has 2 aliphatic heterocycles. The van der Waals surface area contributed by atoms with Gasteiger partial charge in [0.15, 0.2) is 0 Å². The van der Waals surface area contributed by atoms with Crippen molar-refractivity contribution < 1.29 is 9.59 Å². The van der Waals surface area contributed by atoms with E-state index in [1.54, 1.807) is 29.2 Å². The second-order valence-corrected chi connectivity index (χ2v) is 8.07. The lowest BCUT2D eigenvalue weighted by Crippen LogP contribution is -2.57. The minimum absolute atomic E-state index is 0.0376. The molecule has 2 heterocycles. The van der Waals surface area contributed by atoms with Crippen LogP contribution in [0.15, 0.2) is 48.5 Å². The van der Waals surface area contributed by atoms with Crippen molar-refractivity contribution >= 4 is 23.4 Å². The maximum Gasteiger partial charge on any atom is 0.256 e. The lowest BCUT2D eigenvalue weighted by molar-refractivity contribution is -0.138. The van der Waals surface area contributed by atoms with Crippen LogP contribution < -0.4 is 0 Å². The number of benzene rings is 2. The van der Waals surface area contributed by atoms with Crippen LogP contribution in [0.25, 0.3) is 0 Å². The van der Waals surface area contributed by atoms with E-state index in [-0.39, 0.29) is 11.8 Å². The van der Waals surface area contributed by atoms with Crippen LogP contribution >= 0.6 is 11.6 Å². The molecular weight excluding hydrogens is 386 g/mol. The van der Waals surface area contributed by atoms with Crippen molar-refractivity contribution in [3.63, 3.8) is 0 Å². The summed E-state index contributed by atoms with van der Waals surface area (Å²) >= 11 is 6.30. The Labute approximate surface area is 176 Å². The average Bonchev–Trinajstić information content (AvgIpc) is 2.77. The highest BCUT2D eigenvalue weighted by atomic mass is 35.5. The standard InChI is InChI=1S/C23H26ClN3O2/c1-2-25-11-13-26(14-12-25)23(29)21-15-17-7-3-4-8-18(17)16-27(21)22(28)19-9-5-6-10-20(19)24/h3-10,21H,2,11-16H2,1H3. The quantitative estimate of drug-likeness (QED) is 0.779. The van der Waals surface area contributed by atoms with Crippen LogP contribution in [0.4, 0.5) is 0 Å². The largest absolute Gasteiger partial charge is 0.338 e. The predicted octanol–water partition coefficient (Wildman–Crippen LogP) is 3.07. The number of amides is 2. The molecule has 2 aliphatic rings. The van der Waals surface area contributed by atoms with E-state index in [4.69, 9.17) is 11.6 Å². The van der Waals surface area contributed by atoms with Gasteiger partial charge in [-0.1, -0.05) is 54.9 Å². The smallest absolute Gasteiger partial charge is 0.256 e. The van der Waals surface area contributed by atoms with Crippen molar-refractivity contribution in [1.82, 2.24) is 14.7 Å². The van der Waals surface area contributed by atoms with Crippen LogP contribution in [0.2, 0.25) is 5.02 Å². The fraction of sp³-hybridized carbons (Fsp3) is 0.391. The molecule has 2 amide bonds. The molecule has 2 aromatic rings. The molecule has 1 unspecified atom stereocenters. The Hall–Kier alpha value is -2.37. The van der Waals surface area contributed by atoms with Gasteiger partial charge in [0.05, 0.1) is 10.6 Å². The highest BCUT2D eigenvalue weighted by Crippen LogP contribution is 2.28. The third-order valence-electron chi connectivity index (χ3n) is 6.03. The monoisotopic (exact) mass is 411 g/mol. The Morgan fingerprint density at radius 3 is 2.31 bits per heavy atom. The summed E-state index contributed by atoms with van der Waals surface area (Å²) in [6.45, 7) is 6.73. The first-order valence-electron chi connectivity index (χ1n) is 10.2. The summed E-state index contributed by atoms with van der Waals surface area (Å²) in [5, 5.41) is 0.416. The molecule has 152 valence electrons. The van der Waals surface area contributed by atoms with E-state index in [1.807, 2.05) is 23.1 Å². The van der Waals surface area contributed by atoms with Gasteiger partial charge in [0.1, 0.15) is 6.04 Å². The number of carbonyl (C=O) groups excluding carboxylic acids is 2. The minimum atomic E-state index is -0.498. The van der Waals surface area contributed by atoms with E-state index in [1.165, 1.54) is 0 Å². The molecule has 0 spiro atoms. The molecule has 1 fully saturated rings. The van der Waals surface area contributed by atoms with Crippen LogP contribution in [0, 0.1) is 0 Å². The minimum Gasteiger partial charge on any atom is -0.338 e. The summed E-state index contributed by atoms with van der Waals surface area (Å²) in [6, 6.07) is 14.6. The maximum absolute atomic E-state index is 13.5. The van der Waals surface area contributed by atoms with Gasteiger partial charge in [-0.05, 0) is 29.8 Å². The van der Waals surface area contributed by atoms with Gasteiger partial charge in [-0.25, -0.2) is 0 Å². The van der Waals surface area contributed by atoms with Crippen molar-refractivity contribution in [2.24, 2.45) is 0 Å². The number of nitrogens with zero attached hydrogens (tertiary/aromatic N) is 3. The zero-order valence-electron chi connectivity index (χ0n) is 16.7. The molecule has 0 radical (unpaired) electrons. The second kappa shape index (κ2) is 8.56. The number of rotatable bonds is 3. The molecule has 29 heavy (non-hydrogen) atoms. The van der Waals surface area contributed by atoms with Crippen molar-refractivity contribution in [2.75, 3.05) is 32.7 Å². The SMILES string of the molecule is CCN1CCN(C(=O)C2Cc3ccccc3CN2C(=O)c2ccccc2Cl)CC1. The molecule has 0 aromatic heterocycles. The van der Waals surface area contributed by atoms with E-state index in [9.17, 15) is 9.59 Å². The molecule has 0 saturated carbocycles. The third kappa shape index (κ3) is 4.02. The summed E-state index contributed by atoms with van der Waals surface area (Å²) in [6.07, 6.45) is 0.541. The van der Waals surface area contributed by atoms with Crippen LogP contribution in [0.1, 0.15) is 28.4 Å². The van der Waals surface area contributed by atoms with Gasteiger partial charge in [-0.3, -0.25) is 9.59 Å². The maximum atomic E-state index is 13.5. The number of piperazine rings is 1. The van der Waals surface area contributed by atoms with Gasteiger partial charge in [0, 0.05) is 39.1 Å². The topological polar surface area (TPSA) is 43.9 Å². The fourth-order valence-electron chi connectivity index (χ4n) is 4.24. The summed E-state index contributed by atoms with van der Waals surface area (Å²) in [4.78, 5) is 32.8. The van der Waals surface area contributed by atoms with E-state index >= 15 is 0 Å². The molecule has 6 heteroatoms. The molecule has 0 aliphatic carbocycles. The van der Waals surface area contributed by atoms with E-state index < -0.39 is 6.04 Å². The van der Waals surface area contributed by atoms with E-state index in [2.05, 4.69) is 17.9 Å². The molecule has 1 saturated heterocycles. The normalized spacial score (nSPS) is 19.7. The molecule has 4 rings (SSSR count). The third-order valence-corrected chi connectivity index (χ3v) is 6.36. The van der Waals surface area contributed by atoms with Crippen LogP contribution in [0.3, 0.4) is 0 Å². The van der Waals surface area contributed by atoms with Gasteiger partial charge < -0.3 is 14.7 Å². The van der Waals surface area contributed by atoms with Crippen LogP contribution in [-0.2, 0) is 17.8 Å². The summed E-state index contributed by atoms with van der Waals surface area (Å²) in [5.41, 5.74) is 2.68. The number of fused-ring (bicyclic) bond motifs is 1. The van der Waals surface area contributed by atoms with Crippen LogP contribution in [-0.4, -0.2) is 65.3 Å². The predicted molar refractivity (Wildman–Crippen MR) is 114 cm³/mol. The summed E-state index contributed by atoms with van der Waals surface area (Å²) < 4.78 is 0. The highest BCUT2D eigenvalue weighted by molar-refractivity contribution is 6.33. The Bertz CT molecular complexity index is 909. The Kier molecular flexibility index (Phi) is 5.88. The fourth-order valence-corrected chi connectivity index (χ4v) is 4.46. The van der Waals surface area contributed by atoms with Gasteiger partial charge in [0.25, 0.3) is 5.91 Å². The molecule has 1 atom stereocenters. The first kappa shape index (κ1) is 19.9. The second-order valence-electron chi connectivity index (χ2n) is 7.66. The lowest BCUT2D eigenvalue weighted by atomic mass is 9.92. The number of likely N-dealkylation sites (N-methyl/N-ethyl adjacent to an activating group) is 1. The summed E-state index contributed by atoms with van der Waals surface area (Å²) in [5.74, 6) is -0.147. The Morgan fingerprint density at radius 1 is 0.966 bits per heavy atom. The molecule has 0 bridgehead atoms. The molecule has 2 aromatic carbocycles. The zero-order valence-corrected chi connectivity index (χ0v) is 17.4. The van der Waals surface area contributed by atoms with Crippen molar-refractivity contribution in [2.45, 2.75) is 25.9 Å². The number of hydrogen-bond donors (Lipinski definition) is 0. The lowest BCUT2D eigenvalue weighted by Gasteiger charge is -2.41. The molecular formula is C23H26ClN3O2. The number of hydrogen-bond acceptors (Lipinski definition) is 3. The van der Waals surface area contributed by atoms with Gasteiger partial charge in [-0.2, -0.15) is 0 Å². The molecule has 0 N–H and O–H groups in total. The number of halogens is 1. The van der Waals surface area contributed by atoms with Gasteiger partial charge in [-0.15, -0.1) is 0 Å². The Balaban J connectivity index is 1.63. The van der Waals surface area contributed by atoms with Crippen LogP contribution in [0.5, 0.6) is 0 Å². The van der Waals surface area contributed by atoms with Crippen molar-refractivity contribution in [3.8, 4) is 0 Å². The van der Waals surface area contributed by atoms with Crippen molar-refractivity contribution in [1.29, 1.82) is 0 Å². The van der Waals surface area contributed by atoms with E-state index in [0.29, 0.717) is 36.6 Å². The van der Waals surface area contributed by atoms with Crippen molar-refractivity contribution in [3.05, 3.63) is 70.2 Å². The zero-order chi connectivity index (χ0) is 20.4. The van der Waals surface area contributed by atoms with E-state index in [0.717, 1.165) is 30.8 Å². The molecule has 5 nitrogen and oxygen atoms in total. The highest BCUT2D eigenvalue weighted by Gasteiger charge is 2.38.